The molecule has 0 aromatic heterocycles. The summed E-state index contributed by atoms with van der Waals surface area (Å²) in [6, 6.07) is 18.0. The van der Waals surface area contributed by atoms with Crippen LogP contribution in [0.15, 0.2) is 66.7 Å². The molecule has 0 saturated heterocycles. The van der Waals surface area contributed by atoms with Crippen molar-refractivity contribution in [1.29, 1.82) is 0 Å². The number of hydrogen-bond donors (Lipinski definition) is 2. The summed E-state index contributed by atoms with van der Waals surface area (Å²) < 4.78 is 0. The maximum absolute atomic E-state index is 12.6. The minimum atomic E-state index is -0.998. The molecule has 0 heterocycles. The topological polar surface area (TPSA) is 92.5 Å². The van der Waals surface area contributed by atoms with Crippen LogP contribution in [0.25, 0.3) is 0 Å². The largest absolute Gasteiger partial charge is 0.384 e. The first-order valence-corrected chi connectivity index (χ1v) is 8.83. The molecule has 0 aliphatic heterocycles. The van der Waals surface area contributed by atoms with Gasteiger partial charge >= 0.3 is 0 Å². The number of carbonyl (C=O) groups excluding carboxylic acids is 1. The lowest BCUT2D eigenvalue weighted by molar-refractivity contribution is -0.385. The molecule has 0 radical (unpaired) electrons. The van der Waals surface area contributed by atoms with E-state index in [0.717, 1.165) is 0 Å². The molecule has 0 bridgehead atoms. The molecule has 7 heteroatoms. The number of benzene rings is 3. The number of nitro benzene ring substituents is 1. The Morgan fingerprint density at radius 3 is 2.50 bits per heavy atom. The molecule has 0 aliphatic rings. The number of nitro groups is 1. The van der Waals surface area contributed by atoms with Crippen molar-refractivity contribution < 1.29 is 14.8 Å². The van der Waals surface area contributed by atoms with E-state index in [-0.39, 0.29) is 11.3 Å². The van der Waals surface area contributed by atoms with Gasteiger partial charge in [0, 0.05) is 33.5 Å². The van der Waals surface area contributed by atoms with Crippen LogP contribution >= 0.6 is 11.6 Å². The second-order valence-electron chi connectivity index (χ2n) is 6.26. The average Bonchev–Trinajstić information content (AvgIpc) is 2.69. The molecule has 0 unspecified atom stereocenters. The summed E-state index contributed by atoms with van der Waals surface area (Å²) in [5.74, 6) is -0.521. The van der Waals surface area contributed by atoms with Crippen molar-refractivity contribution in [2.24, 2.45) is 0 Å². The van der Waals surface area contributed by atoms with Crippen LogP contribution in [0.2, 0.25) is 5.02 Å². The van der Waals surface area contributed by atoms with Crippen molar-refractivity contribution in [2.45, 2.75) is 13.0 Å². The van der Waals surface area contributed by atoms with Crippen LogP contribution in [0.4, 0.5) is 11.4 Å². The fourth-order valence-electron chi connectivity index (χ4n) is 2.83. The zero-order chi connectivity index (χ0) is 20.3. The smallest absolute Gasteiger partial charge is 0.273 e. The Labute approximate surface area is 166 Å². The van der Waals surface area contributed by atoms with Gasteiger partial charge in [0.05, 0.1) is 4.92 Å². The van der Waals surface area contributed by atoms with Crippen LogP contribution < -0.4 is 5.32 Å². The van der Waals surface area contributed by atoms with E-state index in [9.17, 15) is 20.0 Å². The van der Waals surface area contributed by atoms with Gasteiger partial charge in [0.15, 0.2) is 0 Å². The molecule has 0 spiro atoms. The fraction of sp³-hybridized carbons (Fsp3) is 0.0952. The van der Waals surface area contributed by atoms with Gasteiger partial charge in [-0.25, -0.2) is 0 Å². The van der Waals surface area contributed by atoms with Crippen LogP contribution in [0, 0.1) is 17.0 Å². The highest BCUT2D eigenvalue weighted by Crippen LogP contribution is 2.31. The molecule has 0 saturated carbocycles. The van der Waals surface area contributed by atoms with E-state index >= 15 is 0 Å². The van der Waals surface area contributed by atoms with E-state index in [1.165, 1.54) is 18.2 Å². The Hall–Kier alpha value is -3.22. The molecule has 2 N–H and O–H groups in total. The summed E-state index contributed by atoms with van der Waals surface area (Å²) in [5, 5.41) is 25.0. The first kappa shape index (κ1) is 19.5. The predicted molar refractivity (Wildman–Crippen MR) is 108 cm³/mol. The van der Waals surface area contributed by atoms with Gasteiger partial charge in [-0.05, 0) is 36.8 Å². The molecule has 0 aliphatic carbocycles. The maximum Gasteiger partial charge on any atom is 0.273 e. The van der Waals surface area contributed by atoms with E-state index < -0.39 is 16.9 Å². The quantitative estimate of drug-likeness (QED) is 0.474. The van der Waals surface area contributed by atoms with Crippen LogP contribution in [0.1, 0.15) is 33.2 Å². The van der Waals surface area contributed by atoms with Crippen LogP contribution in [-0.2, 0) is 0 Å². The number of carbonyl (C=O) groups is 1. The van der Waals surface area contributed by atoms with E-state index in [1.54, 1.807) is 49.4 Å². The number of nitrogens with zero attached hydrogens (tertiary/aromatic N) is 1. The normalized spacial score (nSPS) is 11.7. The van der Waals surface area contributed by atoms with Crippen LogP contribution in [0.5, 0.6) is 0 Å². The molecule has 0 fully saturated rings. The van der Waals surface area contributed by atoms with Gasteiger partial charge in [-0.2, -0.15) is 0 Å². The predicted octanol–water partition coefficient (Wildman–Crippen LogP) is 4.89. The van der Waals surface area contributed by atoms with Crippen molar-refractivity contribution in [2.75, 3.05) is 5.32 Å². The molecular weight excluding hydrogens is 380 g/mol. The number of halogens is 1. The van der Waals surface area contributed by atoms with Crippen molar-refractivity contribution in [1.82, 2.24) is 0 Å². The Kier molecular flexibility index (Phi) is 5.73. The number of nitrogens with one attached hydrogen (secondary N) is 1. The number of anilines is 1. The molecular formula is C21H17ClN2O4. The lowest BCUT2D eigenvalue weighted by Crippen LogP contribution is -2.15. The van der Waals surface area contributed by atoms with E-state index in [1.807, 2.05) is 6.07 Å². The average molecular weight is 397 g/mol. The molecule has 1 atom stereocenters. The third kappa shape index (κ3) is 4.19. The van der Waals surface area contributed by atoms with Crippen molar-refractivity contribution >= 4 is 28.9 Å². The second-order valence-corrected chi connectivity index (χ2v) is 6.69. The second kappa shape index (κ2) is 8.21. The van der Waals surface area contributed by atoms with Gasteiger partial charge in [-0.3, -0.25) is 14.9 Å². The number of aryl methyl sites for hydroxylation is 1. The first-order chi connectivity index (χ1) is 13.4. The van der Waals surface area contributed by atoms with Crippen molar-refractivity contribution in [3.8, 4) is 0 Å². The van der Waals surface area contributed by atoms with Gasteiger partial charge in [-0.15, -0.1) is 0 Å². The highest BCUT2D eigenvalue weighted by molar-refractivity contribution is 6.30. The zero-order valence-corrected chi connectivity index (χ0v) is 15.7. The highest BCUT2D eigenvalue weighted by Gasteiger charge is 2.19. The number of amides is 1. The highest BCUT2D eigenvalue weighted by atomic mass is 35.5. The maximum atomic E-state index is 12.6. The van der Waals surface area contributed by atoms with Gasteiger partial charge in [-0.1, -0.05) is 48.0 Å². The zero-order valence-electron chi connectivity index (χ0n) is 14.9. The van der Waals surface area contributed by atoms with Gasteiger partial charge in [0.25, 0.3) is 11.6 Å². The summed E-state index contributed by atoms with van der Waals surface area (Å²) in [5.41, 5.74) is 1.92. The molecule has 142 valence electrons. The van der Waals surface area contributed by atoms with E-state index in [4.69, 9.17) is 11.6 Å². The van der Waals surface area contributed by atoms with Crippen molar-refractivity contribution in [3.05, 3.63) is 104 Å². The number of hydrogen-bond acceptors (Lipinski definition) is 4. The summed E-state index contributed by atoms with van der Waals surface area (Å²) in [6.45, 7) is 1.60. The number of rotatable bonds is 5. The molecule has 3 rings (SSSR count). The van der Waals surface area contributed by atoms with Crippen molar-refractivity contribution in [3.63, 3.8) is 0 Å². The Balaban J connectivity index is 1.94. The number of aliphatic hydroxyl groups excluding tert-OH is 1. The summed E-state index contributed by atoms with van der Waals surface area (Å²) in [7, 11) is 0. The monoisotopic (exact) mass is 396 g/mol. The molecule has 6 nitrogen and oxygen atoms in total. The Morgan fingerprint density at radius 2 is 1.82 bits per heavy atom. The first-order valence-electron chi connectivity index (χ1n) is 8.45. The Morgan fingerprint density at radius 1 is 1.11 bits per heavy atom. The third-order valence-electron chi connectivity index (χ3n) is 4.34. The standard InChI is InChI=1S/C21H17ClN2O4/c1-13-7-8-15(11-19(13)24(27)28)21(26)23-18-10-9-16(22)12-17(18)20(25)14-5-3-2-4-6-14/h2-12,20,25H,1H3,(H,23,26)/t20-/m0/s1. The molecule has 3 aromatic rings. The van der Waals surface area contributed by atoms with Crippen LogP contribution in [-0.4, -0.2) is 15.9 Å². The summed E-state index contributed by atoms with van der Waals surface area (Å²) >= 11 is 6.08. The minimum Gasteiger partial charge on any atom is -0.384 e. The summed E-state index contributed by atoms with van der Waals surface area (Å²) in [4.78, 5) is 23.2. The number of aliphatic hydroxyl groups is 1. The lowest BCUT2D eigenvalue weighted by atomic mass is 9.99. The molecule has 3 aromatic carbocycles. The van der Waals surface area contributed by atoms with Gasteiger partial charge in [0.1, 0.15) is 6.10 Å². The minimum absolute atomic E-state index is 0.131. The Bertz CT molecular complexity index is 1040. The lowest BCUT2D eigenvalue weighted by Gasteiger charge is -2.17. The van der Waals surface area contributed by atoms with E-state index in [2.05, 4.69) is 5.32 Å². The van der Waals surface area contributed by atoms with E-state index in [0.29, 0.717) is 27.4 Å². The summed E-state index contributed by atoms with van der Waals surface area (Å²) in [6.07, 6.45) is -0.998. The van der Waals surface area contributed by atoms with Gasteiger partial charge < -0.3 is 10.4 Å². The molecule has 1 amide bonds. The SMILES string of the molecule is Cc1ccc(C(=O)Nc2ccc(Cl)cc2[C@@H](O)c2ccccc2)cc1[N+](=O)[O-]. The van der Waals surface area contributed by atoms with Gasteiger partial charge in [0.2, 0.25) is 0 Å². The van der Waals surface area contributed by atoms with Crippen LogP contribution in [0.3, 0.4) is 0 Å². The third-order valence-corrected chi connectivity index (χ3v) is 4.57. The molecule has 28 heavy (non-hydrogen) atoms. The fourth-order valence-corrected chi connectivity index (χ4v) is 3.01.